The Kier molecular flexibility index (Phi) is 6.35. The summed E-state index contributed by atoms with van der Waals surface area (Å²) in [4.78, 5) is 12.9. The predicted molar refractivity (Wildman–Crippen MR) is 125 cm³/mol. The van der Waals surface area contributed by atoms with E-state index >= 15 is 0 Å². The number of ether oxygens (including phenoxy) is 3. The standard InChI is InChI=1S/C23H21ClN2O6S/c1-14-3-8-17(33(28,29)26-15-4-6-16(30-2)7-5-15)11-18(14)23(27)25-20-13-22-21(12-19(20)24)31-9-10-32-22/h3-8,11-13,26H,9-10H2,1-2H3,(H,25,27). The van der Waals surface area contributed by atoms with Crippen LogP contribution in [0.15, 0.2) is 59.5 Å². The van der Waals surface area contributed by atoms with Crippen molar-refractivity contribution in [1.82, 2.24) is 0 Å². The SMILES string of the molecule is COc1ccc(NS(=O)(=O)c2ccc(C)c(C(=O)Nc3cc4c(cc3Cl)OCCO4)c2)cc1. The van der Waals surface area contributed by atoms with Crippen LogP contribution < -0.4 is 24.2 Å². The first kappa shape index (κ1) is 22.8. The van der Waals surface area contributed by atoms with Gasteiger partial charge in [-0.15, -0.1) is 0 Å². The summed E-state index contributed by atoms with van der Waals surface area (Å²) in [6, 6.07) is 13.9. The second kappa shape index (κ2) is 9.21. The largest absolute Gasteiger partial charge is 0.497 e. The van der Waals surface area contributed by atoms with Crippen molar-refractivity contribution in [2.75, 3.05) is 30.4 Å². The minimum Gasteiger partial charge on any atom is -0.497 e. The van der Waals surface area contributed by atoms with Crippen LogP contribution in [0.4, 0.5) is 11.4 Å². The average Bonchev–Trinajstić information content (AvgIpc) is 2.80. The lowest BCUT2D eigenvalue weighted by molar-refractivity contribution is 0.102. The Morgan fingerprint density at radius 2 is 1.67 bits per heavy atom. The van der Waals surface area contributed by atoms with Crippen LogP contribution >= 0.6 is 11.6 Å². The summed E-state index contributed by atoms with van der Waals surface area (Å²) in [5, 5.41) is 3.00. The zero-order valence-electron chi connectivity index (χ0n) is 17.8. The van der Waals surface area contributed by atoms with Crippen LogP contribution in [0.5, 0.6) is 17.2 Å². The van der Waals surface area contributed by atoms with E-state index in [1.54, 1.807) is 49.4 Å². The summed E-state index contributed by atoms with van der Waals surface area (Å²) in [5.41, 5.74) is 1.49. The van der Waals surface area contributed by atoms with E-state index in [2.05, 4.69) is 10.0 Å². The molecule has 8 nitrogen and oxygen atoms in total. The van der Waals surface area contributed by atoms with Crippen LogP contribution in [-0.4, -0.2) is 34.6 Å². The molecule has 0 spiro atoms. The van der Waals surface area contributed by atoms with Gasteiger partial charge in [-0.3, -0.25) is 9.52 Å². The molecule has 0 unspecified atom stereocenters. The van der Waals surface area contributed by atoms with Crippen molar-refractivity contribution in [3.63, 3.8) is 0 Å². The molecule has 3 aromatic rings. The number of anilines is 2. The highest BCUT2D eigenvalue weighted by Crippen LogP contribution is 2.38. The first-order valence-electron chi connectivity index (χ1n) is 9.95. The van der Waals surface area contributed by atoms with Crippen molar-refractivity contribution in [2.45, 2.75) is 11.8 Å². The number of aryl methyl sites for hydroxylation is 1. The van der Waals surface area contributed by atoms with E-state index in [1.807, 2.05) is 0 Å². The molecule has 0 saturated heterocycles. The minimum atomic E-state index is -3.93. The summed E-state index contributed by atoms with van der Waals surface area (Å²) < 4.78 is 44.4. The summed E-state index contributed by atoms with van der Waals surface area (Å²) in [5.74, 6) is 1.06. The molecule has 1 aliphatic heterocycles. The third-order valence-electron chi connectivity index (χ3n) is 4.99. The van der Waals surface area contributed by atoms with Gasteiger partial charge in [-0.25, -0.2) is 8.42 Å². The molecular formula is C23H21ClN2O6S. The van der Waals surface area contributed by atoms with E-state index in [-0.39, 0.29) is 15.5 Å². The van der Waals surface area contributed by atoms with Gasteiger partial charge in [0.15, 0.2) is 11.5 Å². The number of methoxy groups -OCH3 is 1. The smallest absolute Gasteiger partial charge is 0.261 e. The molecule has 0 bridgehead atoms. The Bertz CT molecular complexity index is 1310. The number of carbonyl (C=O) groups excluding carboxylic acids is 1. The number of carbonyl (C=O) groups is 1. The van der Waals surface area contributed by atoms with Gasteiger partial charge in [-0.1, -0.05) is 17.7 Å². The van der Waals surface area contributed by atoms with Crippen LogP contribution in [0.25, 0.3) is 0 Å². The van der Waals surface area contributed by atoms with Crippen molar-refractivity contribution in [1.29, 1.82) is 0 Å². The van der Waals surface area contributed by atoms with Crippen molar-refractivity contribution >= 4 is 38.9 Å². The quantitative estimate of drug-likeness (QED) is 0.530. The first-order valence-corrected chi connectivity index (χ1v) is 11.8. The maximum Gasteiger partial charge on any atom is 0.261 e. The molecule has 0 atom stereocenters. The van der Waals surface area contributed by atoms with Gasteiger partial charge in [0, 0.05) is 23.4 Å². The number of hydrogen-bond acceptors (Lipinski definition) is 6. The Morgan fingerprint density at radius 3 is 2.33 bits per heavy atom. The Labute approximate surface area is 196 Å². The van der Waals surface area contributed by atoms with Gasteiger partial charge in [-0.2, -0.15) is 0 Å². The fourth-order valence-electron chi connectivity index (χ4n) is 3.24. The number of sulfonamides is 1. The molecule has 1 amide bonds. The van der Waals surface area contributed by atoms with E-state index in [0.29, 0.717) is 47.4 Å². The highest BCUT2D eigenvalue weighted by molar-refractivity contribution is 7.92. The molecule has 1 aliphatic rings. The number of hydrogen-bond donors (Lipinski definition) is 2. The van der Waals surface area contributed by atoms with Crippen molar-refractivity contribution in [3.8, 4) is 17.2 Å². The fraction of sp³-hybridized carbons (Fsp3) is 0.174. The number of halogens is 1. The van der Waals surface area contributed by atoms with Crippen LogP contribution in [0.3, 0.4) is 0 Å². The van der Waals surface area contributed by atoms with E-state index in [4.69, 9.17) is 25.8 Å². The topological polar surface area (TPSA) is 103 Å². The molecule has 0 fully saturated rings. The number of fused-ring (bicyclic) bond motifs is 1. The monoisotopic (exact) mass is 488 g/mol. The van der Waals surface area contributed by atoms with E-state index in [1.165, 1.54) is 19.2 Å². The third-order valence-corrected chi connectivity index (χ3v) is 6.68. The van der Waals surface area contributed by atoms with Gasteiger partial charge < -0.3 is 19.5 Å². The molecule has 0 radical (unpaired) electrons. The Balaban J connectivity index is 1.58. The molecule has 0 saturated carbocycles. The van der Waals surface area contributed by atoms with Gasteiger partial charge in [0.2, 0.25) is 0 Å². The molecule has 4 rings (SSSR count). The summed E-state index contributed by atoms with van der Waals surface area (Å²) in [6.45, 7) is 2.52. The summed E-state index contributed by atoms with van der Waals surface area (Å²) in [6.07, 6.45) is 0. The average molecular weight is 489 g/mol. The second-order valence-corrected chi connectivity index (χ2v) is 9.33. The number of rotatable bonds is 6. The van der Waals surface area contributed by atoms with E-state index in [9.17, 15) is 13.2 Å². The molecule has 2 N–H and O–H groups in total. The lowest BCUT2D eigenvalue weighted by atomic mass is 10.1. The lowest BCUT2D eigenvalue weighted by Gasteiger charge is -2.20. The number of amides is 1. The highest BCUT2D eigenvalue weighted by atomic mass is 35.5. The van der Waals surface area contributed by atoms with Gasteiger partial charge in [0.1, 0.15) is 19.0 Å². The van der Waals surface area contributed by atoms with E-state index in [0.717, 1.165) is 0 Å². The normalized spacial score (nSPS) is 12.7. The summed E-state index contributed by atoms with van der Waals surface area (Å²) in [7, 11) is -2.41. The summed E-state index contributed by atoms with van der Waals surface area (Å²) >= 11 is 6.28. The molecular weight excluding hydrogens is 468 g/mol. The fourth-order valence-corrected chi connectivity index (χ4v) is 4.52. The van der Waals surface area contributed by atoms with Crippen LogP contribution in [0, 0.1) is 6.92 Å². The molecule has 3 aromatic carbocycles. The molecule has 172 valence electrons. The van der Waals surface area contributed by atoms with Gasteiger partial charge in [0.05, 0.1) is 22.7 Å². The first-order chi connectivity index (χ1) is 15.8. The van der Waals surface area contributed by atoms with Crippen molar-refractivity contribution < 1.29 is 27.4 Å². The molecule has 0 aliphatic carbocycles. The van der Waals surface area contributed by atoms with Gasteiger partial charge >= 0.3 is 0 Å². The third kappa shape index (κ3) is 4.99. The molecule has 1 heterocycles. The van der Waals surface area contributed by atoms with Crippen molar-refractivity contribution in [2.24, 2.45) is 0 Å². The van der Waals surface area contributed by atoms with Gasteiger partial charge in [0.25, 0.3) is 15.9 Å². The maximum atomic E-state index is 13.0. The van der Waals surface area contributed by atoms with Crippen LogP contribution in [-0.2, 0) is 10.0 Å². The molecule has 10 heteroatoms. The number of benzene rings is 3. The molecule has 33 heavy (non-hydrogen) atoms. The minimum absolute atomic E-state index is 0.0534. The molecule has 0 aromatic heterocycles. The Morgan fingerprint density at radius 1 is 1.00 bits per heavy atom. The van der Waals surface area contributed by atoms with E-state index < -0.39 is 15.9 Å². The predicted octanol–water partition coefficient (Wildman–Crippen LogP) is 4.48. The number of nitrogens with one attached hydrogen (secondary N) is 2. The van der Waals surface area contributed by atoms with Crippen LogP contribution in [0.2, 0.25) is 5.02 Å². The zero-order chi connectivity index (χ0) is 23.6. The van der Waals surface area contributed by atoms with Gasteiger partial charge in [-0.05, 0) is 48.9 Å². The Hall–Kier alpha value is -3.43. The highest BCUT2D eigenvalue weighted by Gasteiger charge is 2.21. The maximum absolute atomic E-state index is 13.0. The second-order valence-electron chi connectivity index (χ2n) is 7.24. The zero-order valence-corrected chi connectivity index (χ0v) is 19.4. The van der Waals surface area contributed by atoms with Crippen molar-refractivity contribution in [3.05, 3.63) is 70.7 Å². The van der Waals surface area contributed by atoms with Crippen LogP contribution in [0.1, 0.15) is 15.9 Å². The lowest BCUT2D eigenvalue weighted by Crippen LogP contribution is -2.18.